The number of hydrogen-bond donors (Lipinski definition) is 0. The Balaban J connectivity index is -0.000000161. The molecule has 0 heterocycles. The molecule has 0 unspecified atom stereocenters. The summed E-state index contributed by atoms with van der Waals surface area (Å²) in [6.45, 7) is -1.50. The summed E-state index contributed by atoms with van der Waals surface area (Å²) in [7, 11) is 0. The monoisotopic (exact) mass is 332 g/mol. The molecule has 0 aromatic heterocycles. The number of benzene rings is 1. The van der Waals surface area contributed by atoms with Crippen molar-refractivity contribution in [3.8, 4) is 0 Å². The Kier molecular flexibility index (Phi) is 29.1. The van der Waals surface area contributed by atoms with Gasteiger partial charge in [0.1, 0.15) is 0 Å². The van der Waals surface area contributed by atoms with Gasteiger partial charge in [0.05, 0.1) is 0 Å². The molecule has 0 N–H and O–H groups in total. The van der Waals surface area contributed by atoms with Crippen molar-refractivity contribution in [3.63, 3.8) is 0 Å². The Labute approximate surface area is 106 Å². The van der Waals surface area contributed by atoms with Crippen molar-refractivity contribution >= 4 is 45.5 Å². The van der Waals surface area contributed by atoms with E-state index in [1.54, 1.807) is 0 Å². The summed E-state index contributed by atoms with van der Waals surface area (Å²) in [6.07, 6.45) is 0. The molecule has 1 aromatic rings. The average Bonchev–Trinajstić information content (AvgIpc) is 2.22. The molecule has 0 spiro atoms. The van der Waals surface area contributed by atoms with Crippen LogP contribution in [0.4, 0.5) is 0 Å². The van der Waals surface area contributed by atoms with E-state index < -0.39 is 19.4 Å². The van der Waals surface area contributed by atoms with Gasteiger partial charge in [0.25, 0.3) is 0 Å². The molecule has 0 saturated carbocycles. The number of hydrogen-bond acceptors (Lipinski definition) is 6. The van der Waals surface area contributed by atoms with Crippen LogP contribution in [0.2, 0.25) is 0 Å². The second kappa shape index (κ2) is 23.3. The first kappa shape index (κ1) is 19.9. The van der Waals surface area contributed by atoms with Crippen molar-refractivity contribution < 1.29 is 29.7 Å². The van der Waals surface area contributed by atoms with E-state index in [0.717, 1.165) is 0 Å². The third kappa shape index (κ3) is 39.3. The van der Waals surface area contributed by atoms with Gasteiger partial charge >= 0.3 is 56.4 Å². The second-order valence-electron chi connectivity index (χ2n) is 1.65. The minimum absolute atomic E-state index is 0.500. The molecule has 7 heteroatoms. The standard InChI is InChI=1S/C6H5.3CH2O2.Sn/c1-2-4-6-5-3-1;3*2-1-3;/h1-5H;3*1H,(H,2,3);/q;;;;+3/p-3. The first-order chi connectivity index (χ1) is 7.64. The molecule has 0 aliphatic rings. The quantitative estimate of drug-likeness (QED) is 0.350. The van der Waals surface area contributed by atoms with Crippen LogP contribution in [0.15, 0.2) is 30.3 Å². The molecule has 6 nitrogen and oxygen atoms in total. The fraction of sp³-hybridized carbons (Fsp3) is 0. The van der Waals surface area contributed by atoms with E-state index >= 15 is 0 Å². The van der Waals surface area contributed by atoms with Crippen molar-refractivity contribution in [2.45, 2.75) is 0 Å². The van der Waals surface area contributed by atoms with Gasteiger partial charge in [-0.25, -0.2) is 0 Å². The normalized spacial score (nSPS) is 6.12. The molecule has 0 bridgehead atoms. The molecule has 0 amide bonds. The summed E-state index contributed by atoms with van der Waals surface area (Å²) in [5.74, 6) is 0. The van der Waals surface area contributed by atoms with Gasteiger partial charge in [0.2, 0.25) is 0 Å². The van der Waals surface area contributed by atoms with Crippen LogP contribution in [0.25, 0.3) is 0 Å². The van der Waals surface area contributed by atoms with Crippen molar-refractivity contribution in [3.05, 3.63) is 30.3 Å². The van der Waals surface area contributed by atoms with Crippen molar-refractivity contribution in [1.82, 2.24) is 0 Å². The third-order valence-electron chi connectivity index (χ3n) is 0.774. The van der Waals surface area contributed by atoms with Crippen LogP contribution < -0.4 is 18.9 Å². The van der Waals surface area contributed by atoms with E-state index in [0.29, 0.717) is 0 Å². The van der Waals surface area contributed by atoms with E-state index in [2.05, 4.69) is 24.3 Å². The van der Waals surface area contributed by atoms with Gasteiger partial charge in [-0.1, -0.05) is 0 Å². The molecule has 0 atom stereocenters. The Morgan fingerprint density at radius 2 is 1.06 bits per heavy atom. The van der Waals surface area contributed by atoms with E-state index in [1.807, 2.05) is 6.07 Å². The van der Waals surface area contributed by atoms with Crippen molar-refractivity contribution in [1.29, 1.82) is 0 Å². The van der Waals surface area contributed by atoms with Crippen LogP contribution in [0.3, 0.4) is 0 Å². The van der Waals surface area contributed by atoms with Crippen LogP contribution in [-0.4, -0.2) is 41.9 Å². The zero-order valence-electron chi connectivity index (χ0n) is 8.07. The van der Waals surface area contributed by atoms with E-state index in [4.69, 9.17) is 29.7 Å². The fourth-order valence-electron chi connectivity index (χ4n) is 0.438. The molecular weight excluding hydrogens is 323 g/mol. The molecule has 84 valence electrons. The molecule has 0 aliphatic carbocycles. The first-order valence-corrected chi connectivity index (χ1v) is 5.00. The first-order valence-electron chi connectivity index (χ1n) is 3.57. The Morgan fingerprint density at radius 3 is 1.19 bits per heavy atom. The van der Waals surface area contributed by atoms with Crippen molar-refractivity contribution in [2.75, 3.05) is 0 Å². The number of carbonyl (C=O) groups is 3. The molecule has 0 aliphatic heterocycles. The predicted octanol–water partition coefficient (Wildman–Crippen LogP) is -4.42. The van der Waals surface area contributed by atoms with Gasteiger partial charge in [-0.3, -0.25) is 0 Å². The maximum absolute atomic E-state index is 8.25. The van der Waals surface area contributed by atoms with Crippen LogP contribution >= 0.6 is 0 Å². The topological polar surface area (TPSA) is 120 Å². The van der Waals surface area contributed by atoms with Gasteiger partial charge < -0.3 is 29.7 Å². The van der Waals surface area contributed by atoms with Crippen LogP contribution in [0, 0.1) is 0 Å². The van der Waals surface area contributed by atoms with Crippen LogP contribution in [0.1, 0.15) is 0 Å². The fourth-order valence-corrected chi connectivity index (χ4v) is 0.987. The summed E-state index contributed by atoms with van der Waals surface area (Å²) < 4.78 is 1.41. The summed E-state index contributed by atoms with van der Waals surface area (Å²) in [5, 5.41) is 24.8. The molecule has 0 radical (unpaired) electrons. The van der Waals surface area contributed by atoms with Crippen LogP contribution in [-0.2, 0) is 14.4 Å². The van der Waals surface area contributed by atoms with Gasteiger partial charge in [0, 0.05) is 19.4 Å². The molecule has 0 fully saturated rings. The minimum atomic E-state index is -0.500. The van der Waals surface area contributed by atoms with E-state index in [1.165, 1.54) is 26.1 Å². The molecule has 0 saturated heterocycles. The summed E-state index contributed by atoms with van der Waals surface area (Å²) in [6, 6.07) is 10.4. The van der Waals surface area contributed by atoms with Gasteiger partial charge in [-0.05, 0) is 0 Å². The number of rotatable bonds is 0. The SMILES string of the molecule is O=C[O-].O=C[O-].O=C[O-].[Sn+3][c]1ccccc1. The molecule has 16 heavy (non-hydrogen) atoms. The Bertz CT molecular complexity index is 237. The number of carbonyl (C=O) groups excluding carboxylic acids is 3. The summed E-state index contributed by atoms with van der Waals surface area (Å²) in [5.41, 5.74) is 0. The van der Waals surface area contributed by atoms with E-state index in [9.17, 15) is 0 Å². The maximum atomic E-state index is 8.25. The van der Waals surface area contributed by atoms with Crippen molar-refractivity contribution in [2.24, 2.45) is 0 Å². The summed E-state index contributed by atoms with van der Waals surface area (Å²) in [4.78, 5) is 24.8. The van der Waals surface area contributed by atoms with Gasteiger partial charge in [-0.15, -0.1) is 0 Å². The zero-order chi connectivity index (χ0) is 13.2. The number of carboxylic acid groups (broad SMARTS) is 3. The predicted molar refractivity (Wildman–Crippen MR) is 50.0 cm³/mol. The molecule has 1 rings (SSSR count). The Morgan fingerprint density at radius 1 is 0.812 bits per heavy atom. The summed E-state index contributed by atoms with van der Waals surface area (Å²) >= 11 is 1.49. The molecular formula is C9H8O6Sn. The zero-order valence-corrected chi connectivity index (χ0v) is 10.9. The van der Waals surface area contributed by atoms with E-state index in [-0.39, 0.29) is 0 Å². The Hall–Kier alpha value is -1.57. The average molecular weight is 331 g/mol. The molecule has 1 aromatic carbocycles. The van der Waals surface area contributed by atoms with Gasteiger partial charge in [-0.2, -0.15) is 0 Å². The van der Waals surface area contributed by atoms with Crippen LogP contribution in [0.5, 0.6) is 0 Å². The second-order valence-corrected chi connectivity index (χ2v) is 3.30. The van der Waals surface area contributed by atoms with Gasteiger partial charge in [0.15, 0.2) is 0 Å². The third-order valence-corrected chi connectivity index (χ3v) is 1.73.